The third-order valence-electron chi connectivity index (χ3n) is 2.72. The summed E-state index contributed by atoms with van der Waals surface area (Å²) in [5.41, 5.74) is 0.677. The zero-order valence-electron chi connectivity index (χ0n) is 8.70. The minimum absolute atomic E-state index is 0.145. The average molecular weight is 202 g/mol. The third-order valence-corrected chi connectivity index (χ3v) is 2.72. The minimum Gasteiger partial charge on any atom is -0.206 e. The normalized spacial score (nSPS) is 21.0. The zero-order chi connectivity index (χ0) is 10.5. The lowest BCUT2D eigenvalue weighted by molar-refractivity contribution is 0.622. The molecule has 2 rings (SSSR count). The molecule has 0 bridgehead atoms. The Kier molecular flexibility index (Phi) is 3.33. The third kappa shape index (κ3) is 2.79. The van der Waals surface area contributed by atoms with Crippen LogP contribution in [-0.2, 0) is 0 Å². The smallest absolute Gasteiger partial charge is 0.130 e. The topological polar surface area (TPSA) is 0 Å². The Balaban J connectivity index is 2.07. The lowest BCUT2D eigenvalue weighted by atomic mass is 9.95. The Morgan fingerprint density at radius 1 is 1.27 bits per heavy atom. The SMILES string of the molecule is Fc1ccccc1/C=C/[C@H]1C=CCCC1. The highest BCUT2D eigenvalue weighted by Gasteiger charge is 2.04. The highest BCUT2D eigenvalue weighted by atomic mass is 19.1. The van der Waals surface area contributed by atoms with Gasteiger partial charge in [0.2, 0.25) is 0 Å². The Bertz CT molecular complexity index is 377. The number of allylic oxidation sites excluding steroid dienone is 3. The monoisotopic (exact) mass is 202 g/mol. The van der Waals surface area contributed by atoms with Gasteiger partial charge in [-0.05, 0) is 31.2 Å². The maximum Gasteiger partial charge on any atom is 0.130 e. The minimum atomic E-state index is -0.145. The number of rotatable bonds is 2. The van der Waals surface area contributed by atoms with E-state index >= 15 is 0 Å². The maximum atomic E-state index is 13.3. The molecule has 0 spiro atoms. The molecule has 0 radical (unpaired) electrons. The molecule has 1 heteroatoms. The fourth-order valence-corrected chi connectivity index (χ4v) is 1.84. The molecule has 0 unspecified atom stereocenters. The van der Waals surface area contributed by atoms with Crippen molar-refractivity contribution in [3.8, 4) is 0 Å². The highest BCUT2D eigenvalue weighted by Crippen LogP contribution is 2.19. The van der Waals surface area contributed by atoms with E-state index < -0.39 is 0 Å². The summed E-state index contributed by atoms with van der Waals surface area (Å²) in [4.78, 5) is 0. The lowest BCUT2D eigenvalue weighted by Gasteiger charge is -2.11. The molecule has 1 atom stereocenters. The van der Waals surface area contributed by atoms with Gasteiger partial charge in [0.15, 0.2) is 0 Å². The van der Waals surface area contributed by atoms with E-state index in [-0.39, 0.29) is 5.82 Å². The van der Waals surface area contributed by atoms with Crippen molar-refractivity contribution in [3.63, 3.8) is 0 Å². The van der Waals surface area contributed by atoms with Crippen LogP contribution in [0.1, 0.15) is 24.8 Å². The average Bonchev–Trinajstić information content (AvgIpc) is 2.29. The van der Waals surface area contributed by atoms with Gasteiger partial charge in [-0.3, -0.25) is 0 Å². The van der Waals surface area contributed by atoms with Crippen molar-refractivity contribution in [1.82, 2.24) is 0 Å². The van der Waals surface area contributed by atoms with Gasteiger partial charge >= 0.3 is 0 Å². The molecule has 1 aliphatic carbocycles. The molecular formula is C14H15F. The van der Waals surface area contributed by atoms with Gasteiger partial charge in [0, 0.05) is 5.56 Å². The molecule has 1 aromatic carbocycles. The first-order chi connectivity index (χ1) is 7.36. The van der Waals surface area contributed by atoms with E-state index in [2.05, 4.69) is 18.2 Å². The largest absolute Gasteiger partial charge is 0.206 e. The van der Waals surface area contributed by atoms with Gasteiger partial charge in [0.05, 0.1) is 0 Å². The second kappa shape index (κ2) is 4.92. The molecule has 0 aliphatic heterocycles. The molecule has 0 N–H and O–H groups in total. The van der Waals surface area contributed by atoms with Crippen molar-refractivity contribution >= 4 is 6.08 Å². The first kappa shape index (κ1) is 10.2. The summed E-state index contributed by atoms with van der Waals surface area (Å²) in [5, 5.41) is 0. The molecule has 15 heavy (non-hydrogen) atoms. The number of hydrogen-bond donors (Lipinski definition) is 0. The van der Waals surface area contributed by atoms with Crippen LogP contribution in [-0.4, -0.2) is 0 Å². The predicted octanol–water partition coefficient (Wildman–Crippen LogP) is 4.20. The highest BCUT2D eigenvalue weighted by molar-refractivity contribution is 5.50. The van der Waals surface area contributed by atoms with Crippen LogP contribution < -0.4 is 0 Å². The molecular weight excluding hydrogens is 187 g/mol. The van der Waals surface area contributed by atoms with Gasteiger partial charge in [-0.2, -0.15) is 0 Å². The molecule has 0 aromatic heterocycles. The van der Waals surface area contributed by atoms with Gasteiger partial charge in [0.25, 0.3) is 0 Å². The van der Waals surface area contributed by atoms with E-state index in [1.54, 1.807) is 12.1 Å². The van der Waals surface area contributed by atoms with E-state index in [4.69, 9.17) is 0 Å². The maximum absolute atomic E-state index is 13.3. The molecule has 0 nitrogen and oxygen atoms in total. The van der Waals surface area contributed by atoms with E-state index in [0.29, 0.717) is 11.5 Å². The lowest BCUT2D eigenvalue weighted by Crippen LogP contribution is -1.96. The van der Waals surface area contributed by atoms with Crippen molar-refractivity contribution in [2.75, 3.05) is 0 Å². The van der Waals surface area contributed by atoms with Gasteiger partial charge in [-0.15, -0.1) is 0 Å². The summed E-state index contributed by atoms with van der Waals surface area (Å²) in [5.74, 6) is 0.340. The second-order valence-electron chi connectivity index (χ2n) is 3.90. The van der Waals surface area contributed by atoms with Crippen LogP contribution in [0.3, 0.4) is 0 Å². The number of hydrogen-bond acceptors (Lipinski definition) is 0. The fourth-order valence-electron chi connectivity index (χ4n) is 1.84. The Hall–Kier alpha value is -1.37. The van der Waals surface area contributed by atoms with E-state index in [1.165, 1.54) is 25.3 Å². The fraction of sp³-hybridized carbons (Fsp3) is 0.286. The Labute approximate surface area is 90.1 Å². The molecule has 0 amide bonds. The number of benzene rings is 1. The standard InChI is InChI=1S/C14H15F/c15-14-9-5-4-8-13(14)11-10-12-6-2-1-3-7-12/h2,4-6,8-12H,1,3,7H2/b11-10+/t12-/m0/s1. The molecule has 0 fully saturated rings. The Morgan fingerprint density at radius 3 is 2.87 bits per heavy atom. The molecule has 78 valence electrons. The summed E-state index contributed by atoms with van der Waals surface area (Å²) < 4.78 is 13.3. The van der Waals surface area contributed by atoms with Crippen molar-refractivity contribution in [2.45, 2.75) is 19.3 Å². The van der Waals surface area contributed by atoms with Crippen molar-refractivity contribution in [1.29, 1.82) is 0 Å². The zero-order valence-corrected chi connectivity index (χ0v) is 8.70. The Morgan fingerprint density at radius 2 is 2.13 bits per heavy atom. The van der Waals surface area contributed by atoms with Crippen LogP contribution in [0.15, 0.2) is 42.5 Å². The van der Waals surface area contributed by atoms with Gasteiger partial charge in [-0.25, -0.2) is 4.39 Å². The van der Waals surface area contributed by atoms with Crippen molar-refractivity contribution < 1.29 is 4.39 Å². The molecule has 0 heterocycles. The van der Waals surface area contributed by atoms with E-state index in [1.807, 2.05) is 12.1 Å². The predicted molar refractivity (Wildman–Crippen MR) is 61.9 cm³/mol. The van der Waals surface area contributed by atoms with Crippen LogP contribution in [0.4, 0.5) is 4.39 Å². The summed E-state index contributed by atoms with van der Waals surface area (Å²) in [6, 6.07) is 6.88. The van der Waals surface area contributed by atoms with E-state index in [9.17, 15) is 4.39 Å². The molecule has 0 saturated carbocycles. The van der Waals surface area contributed by atoms with Crippen molar-refractivity contribution in [2.24, 2.45) is 5.92 Å². The summed E-state index contributed by atoms with van der Waals surface area (Å²) in [6.07, 6.45) is 12.0. The van der Waals surface area contributed by atoms with Crippen LogP contribution in [0, 0.1) is 11.7 Å². The second-order valence-corrected chi connectivity index (χ2v) is 3.90. The van der Waals surface area contributed by atoms with E-state index in [0.717, 1.165) is 0 Å². The van der Waals surface area contributed by atoms with Crippen LogP contribution in [0.25, 0.3) is 6.08 Å². The van der Waals surface area contributed by atoms with Gasteiger partial charge in [0.1, 0.15) is 5.82 Å². The van der Waals surface area contributed by atoms with Crippen molar-refractivity contribution in [3.05, 3.63) is 53.9 Å². The molecule has 1 aliphatic rings. The van der Waals surface area contributed by atoms with Crippen LogP contribution in [0.5, 0.6) is 0 Å². The molecule has 0 saturated heterocycles. The number of halogens is 1. The van der Waals surface area contributed by atoms with Gasteiger partial charge < -0.3 is 0 Å². The quantitative estimate of drug-likeness (QED) is 0.631. The molecule has 1 aromatic rings. The van der Waals surface area contributed by atoms with Gasteiger partial charge in [-0.1, -0.05) is 42.5 Å². The first-order valence-corrected chi connectivity index (χ1v) is 5.45. The summed E-state index contributed by atoms with van der Waals surface area (Å²) >= 11 is 0. The summed E-state index contributed by atoms with van der Waals surface area (Å²) in [7, 11) is 0. The van der Waals surface area contributed by atoms with Crippen LogP contribution in [0.2, 0.25) is 0 Å². The van der Waals surface area contributed by atoms with Crippen LogP contribution >= 0.6 is 0 Å². The first-order valence-electron chi connectivity index (χ1n) is 5.45. The summed E-state index contributed by atoms with van der Waals surface area (Å²) in [6.45, 7) is 0.